The van der Waals surface area contributed by atoms with Crippen LogP contribution in [-0.2, 0) is 16.0 Å². The molecule has 0 radical (unpaired) electrons. The van der Waals surface area contributed by atoms with E-state index in [1.165, 1.54) is 5.69 Å². The highest BCUT2D eigenvalue weighted by Crippen LogP contribution is 2.25. The van der Waals surface area contributed by atoms with E-state index < -0.39 is 0 Å². The number of amides is 1. The predicted molar refractivity (Wildman–Crippen MR) is 113 cm³/mol. The van der Waals surface area contributed by atoms with E-state index in [0.717, 1.165) is 47.1 Å². The molecule has 4 rings (SSSR count). The Kier molecular flexibility index (Phi) is 5.99. The number of ether oxygens (including phenoxy) is 1. The Hall–Kier alpha value is -1.89. The number of halogens is 1. The van der Waals surface area contributed by atoms with Crippen LogP contribution in [0.4, 0.5) is 0 Å². The van der Waals surface area contributed by atoms with Gasteiger partial charge in [0, 0.05) is 60.4 Å². The van der Waals surface area contributed by atoms with Crippen LogP contribution in [0, 0.1) is 0 Å². The van der Waals surface area contributed by atoms with Crippen LogP contribution in [0.25, 0.3) is 16.2 Å². The Morgan fingerprint density at radius 3 is 2.93 bits per heavy atom. The minimum atomic E-state index is 0.183. The molecular weight excluding hydrogens is 394 g/mol. The molecule has 1 aliphatic heterocycles. The summed E-state index contributed by atoms with van der Waals surface area (Å²) in [5.74, 6) is 0.189. The van der Waals surface area contributed by atoms with Gasteiger partial charge in [-0.1, -0.05) is 30.7 Å². The first-order chi connectivity index (χ1) is 13.6. The van der Waals surface area contributed by atoms with Crippen molar-refractivity contribution in [1.29, 1.82) is 0 Å². The molecule has 1 aromatic carbocycles. The molecule has 28 heavy (non-hydrogen) atoms. The standard InChI is InChI=1S/C21H24ClN3O2S/c1-2-20(26)24(12-18-4-3-11-27-18)10-9-17-14-28-21-23-19(13-25(17)21)15-5-7-16(22)8-6-15/h5-8,13-14,18H,2-4,9-12H2,1H3. The van der Waals surface area contributed by atoms with Crippen molar-refractivity contribution in [1.82, 2.24) is 14.3 Å². The van der Waals surface area contributed by atoms with E-state index in [1.54, 1.807) is 11.3 Å². The monoisotopic (exact) mass is 417 g/mol. The highest BCUT2D eigenvalue weighted by Gasteiger charge is 2.22. The van der Waals surface area contributed by atoms with Gasteiger partial charge in [0.25, 0.3) is 0 Å². The SMILES string of the molecule is CCC(=O)N(CCc1csc2nc(-c3ccc(Cl)cc3)cn12)CC1CCCO1. The summed E-state index contributed by atoms with van der Waals surface area (Å²) in [7, 11) is 0. The van der Waals surface area contributed by atoms with Crippen molar-refractivity contribution in [3.63, 3.8) is 0 Å². The maximum atomic E-state index is 12.4. The predicted octanol–water partition coefficient (Wildman–Crippen LogP) is 4.68. The Labute approximate surface area is 173 Å². The molecule has 0 bridgehead atoms. The second-order valence-corrected chi connectivity index (χ2v) is 8.36. The fourth-order valence-electron chi connectivity index (χ4n) is 3.59. The minimum absolute atomic E-state index is 0.183. The van der Waals surface area contributed by atoms with E-state index in [2.05, 4.69) is 16.0 Å². The summed E-state index contributed by atoms with van der Waals surface area (Å²) in [5.41, 5.74) is 3.16. The van der Waals surface area contributed by atoms with Crippen LogP contribution in [0.15, 0.2) is 35.8 Å². The van der Waals surface area contributed by atoms with Gasteiger partial charge in [0.1, 0.15) is 0 Å². The largest absolute Gasteiger partial charge is 0.376 e. The third-order valence-corrected chi connectivity index (χ3v) is 6.31. The van der Waals surface area contributed by atoms with Gasteiger partial charge in [-0.2, -0.15) is 0 Å². The van der Waals surface area contributed by atoms with Crippen LogP contribution in [0.1, 0.15) is 31.9 Å². The summed E-state index contributed by atoms with van der Waals surface area (Å²) >= 11 is 7.62. The Bertz CT molecular complexity index is 944. The molecule has 2 aromatic heterocycles. The molecule has 0 spiro atoms. The average molecular weight is 418 g/mol. The molecule has 3 aromatic rings. The average Bonchev–Trinajstić information content (AvgIpc) is 3.43. The van der Waals surface area contributed by atoms with Crippen LogP contribution < -0.4 is 0 Å². The molecule has 1 fully saturated rings. The number of carbonyl (C=O) groups is 1. The number of benzene rings is 1. The summed E-state index contributed by atoms with van der Waals surface area (Å²) in [6, 6.07) is 7.73. The molecule has 5 nitrogen and oxygen atoms in total. The number of fused-ring (bicyclic) bond motifs is 1. The van der Waals surface area contributed by atoms with Crippen molar-refractivity contribution < 1.29 is 9.53 Å². The summed E-state index contributed by atoms with van der Waals surface area (Å²) in [5, 5.41) is 2.85. The van der Waals surface area contributed by atoms with Crippen molar-refractivity contribution in [3.8, 4) is 11.3 Å². The molecule has 3 heterocycles. The second kappa shape index (κ2) is 8.64. The summed E-state index contributed by atoms with van der Waals surface area (Å²) in [6.45, 7) is 4.13. The number of imidazole rings is 1. The second-order valence-electron chi connectivity index (χ2n) is 7.09. The maximum Gasteiger partial charge on any atom is 0.222 e. The summed E-state index contributed by atoms with van der Waals surface area (Å²) < 4.78 is 7.86. The lowest BCUT2D eigenvalue weighted by molar-refractivity contribution is -0.132. The van der Waals surface area contributed by atoms with Gasteiger partial charge < -0.3 is 9.64 Å². The maximum absolute atomic E-state index is 12.4. The van der Waals surface area contributed by atoms with Crippen molar-refractivity contribution in [2.45, 2.75) is 38.7 Å². The number of aromatic nitrogens is 2. The Balaban J connectivity index is 1.48. The van der Waals surface area contributed by atoms with E-state index in [1.807, 2.05) is 36.1 Å². The normalized spacial score (nSPS) is 16.7. The third kappa shape index (κ3) is 4.24. The quantitative estimate of drug-likeness (QED) is 0.560. The molecule has 1 unspecified atom stereocenters. The molecule has 148 valence electrons. The smallest absolute Gasteiger partial charge is 0.222 e. The molecule has 0 aliphatic carbocycles. The number of hydrogen-bond donors (Lipinski definition) is 0. The molecule has 1 saturated heterocycles. The van der Waals surface area contributed by atoms with E-state index >= 15 is 0 Å². The van der Waals surface area contributed by atoms with Gasteiger partial charge in [-0.05, 0) is 25.0 Å². The molecule has 7 heteroatoms. The lowest BCUT2D eigenvalue weighted by Crippen LogP contribution is -2.38. The first-order valence-electron chi connectivity index (χ1n) is 9.75. The van der Waals surface area contributed by atoms with Crippen molar-refractivity contribution in [2.24, 2.45) is 0 Å². The van der Waals surface area contributed by atoms with Crippen molar-refractivity contribution in [3.05, 3.63) is 46.6 Å². The molecule has 0 N–H and O–H groups in total. The highest BCUT2D eigenvalue weighted by molar-refractivity contribution is 7.15. The van der Waals surface area contributed by atoms with Crippen molar-refractivity contribution in [2.75, 3.05) is 19.7 Å². The van der Waals surface area contributed by atoms with Gasteiger partial charge >= 0.3 is 0 Å². The number of rotatable bonds is 7. The molecule has 0 saturated carbocycles. The minimum Gasteiger partial charge on any atom is -0.376 e. The lowest BCUT2D eigenvalue weighted by atomic mass is 10.2. The van der Waals surface area contributed by atoms with E-state index in [4.69, 9.17) is 21.3 Å². The first kappa shape index (κ1) is 19.4. The zero-order valence-electron chi connectivity index (χ0n) is 15.9. The fraction of sp³-hybridized carbons (Fsp3) is 0.429. The van der Waals surface area contributed by atoms with E-state index in [-0.39, 0.29) is 12.0 Å². The molecule has 1 amide bonds. The van der Waals surface area contributed by atoms with Gasteiger partial charge in [-0.25, -0.2) is 4.98 Å². The fourth-order valence-corrected chi connectivity index (χ4v) is 4.63. The van der Waals surface area contributed by atoms with Crippen LogP contribution in [-0.4, -0.2) is 46.0 Å². The van der Waals surface area contributed by atoms with Gasteiger partial charge in [0.05, 0.1) is 11.8 Å². The van der Waals surface area contributed by atoms with Gasteiger partial charge in [0.2, 0.25) is 5.91 Å². The molecule has 1 atom stereocenters. The molecule has 1 aliphatic rings. The Morgan fingerprint density at radius 1 is 1.39 bits per heavy atom. The van der Waals surface area contributed by atoms with E-state index in [0.29, 0.717) is 19.5 Å². The topological polar surface area (TPSA) is 46.8 Å². The van der Waals surface area contributed by atoms with Crippen LogP contribution >= 0.6 is 22.9 Å². The first-order valence-corrected chi connectivity index (χ1v) is 11.0. The zero-order valence-corrected chi connectivity index (χ0v) is 17.5. The van der Waals surface area contributed by atoms with Crippen LogP contribution in [0.3, 0.4) is 0 Å². The van der Waals surface area contributed by atoms with Gasteiger partial charge in [0.15, 0.2) is 4.96 Å². The lowest BCUT2D eigenvalue weighted by Gasteiger charge is -2.25. The summed E-state index contributed by atoms with van der Waals surface area (Å²) in [6.07, 6.45) is 5.71. The molecular formula is C21H24ClN3O2S. The van der Waals surface area contributed by atoms with Crippen molar-refractivity contribution >= 4 is 33.8 Å². The van der Waals surface area contributed by atoms with Crippen LogP contribution in [0.5, 0.6) is 0 Å². The third-order valence-electron chi connectivity index (χ3n) is 5.16. The van der Waals surface area contributed by atoms with Gasteiger partial charge in [-0.3, -0.25) is 9.20 Å². The number of thiazole rings is 1. The number of hydrogen-bond acceptors (Lipinski definition) is 4. The number of nitrogens with zero attached hydrogens (tertiary/aromatic N) is 3. The zero-order chi connectivity index (χ0) is 19.5. The Morgan fingerprint density at radius 2 is 2.21 bits per heavy atom. The van der Waals surface area contributed by atoms with E-state index in [9.17, 15) is 4.79 Å². The van der Waals surface area contributed by atoms with Gasteiger partial charge in [-0.15, -0.1) is 11.3 Å². The number of carbonyl (C=O) groups excluding carboxylic acids is 1. The highest BCUT2D eigenvalue weighted by atomic mass is 35.5. The summed E-state index contributed by atoms with van der Waals surface area (Å²) in [4.78, 5) is 20.0. The van der Waals surface area contributed by atoms with Crippen LogP contribution in [0.2, 0.25) is 5.02 Å².